The lowest BCUT2D eigenvalue weighted by Gasteiger charge is -2.11. The summed E-state index contributed by atoms with van der Waals surface area (Å²) in [6.07, 6.45) is 2.29. The van der Waals surface area contributed by atoms with E-state index in [4.69, 9.17) is 4.74 Å². The first-order valence-electron chi connectivity index (χ1n) is 6.44. The molecule has 0 bridgehead atoms. The number of carbonyl (C=O) groups excluding carboxylic acids is 1. The summed E-state index contributed by atoms with van der Waals surface area (Å²) in [7, 11) is 1.52. The Balaban J connectivity index is 1.58. The van der Waals surface area contributed by atoms with Gasteiger partial charge in [0.2, 0.25) is 11.8 Å². The smallest absolute Gasteiger partial charge is 0.252 e. The van der Waals surface area contributed by atoms with Gasteiger partial charge in [0.25, 0.3) is 5.91 Å². The monoisotopic (exact) mass is 302 g/mol. The van der Waals surface area contributed by atoms with Gasteiger partial charge < -0.3 is 4.74 Å². The van der Waals surface area contributed by atoms with Crippen molar-refractivity contribution in [3.63, 3.8) is 0 Å². The second-order valence-corrected chi connectivity index (χ2v) is 5.70. The maximum Gasteiger partial charge on any atom is 0.252 e. The number of hydrogen-bond donors (Lipinski definition) is 2. The molecule has 0 unspecified atom stereocenters. The van der Waals surface area contributed by atoms with Crippen molar-refractivity contribution in [3.05, 3.63) is 42.1 Å². The Bertz CT molecular complexity index is 640. The molecule has 2 N–H and O–H groups in total. The first kappa shape index (κ1) is 13.7. The molecule has 108 valence electrons. The summed E-state index contributed by atoms with van der Waals surface area (Å²) < 4.78 is 5.00. The van der Waals surface area contributed by atoms with Crippen LogP contribution in [0.4, 0.5) is 5.95 Å². The largest absolute Gasteiger partial charge is 0.481 e. The fraction of sp³-hybridized carbons (Fsp3) is 0.214. The molecule has 0 saturated carbocycles. The van der Waals surface area contributed by atoms with Gasteiger partial charge in [0.15, 0.2) is 0 Å². The number of hydrogen-bond acceptors (Lipinski definition) is 6. The van der Waals surface area contributed by atoms with Crippen molar-refractivity contribution in [2.45, 2.75) is 16.6 Å². The van der Waals surface area contributed by atoms with Crippen molar-refractivity contribution in [2.24, 2.45) is 0 Å². The summed E-state index contributed by atoms with van der Waals surface area (Å²) in [5.74, 6) is 0.634. The van der Waals surface area contributed by atoms with Crippen LogP contribution in [0, 0.1) is 0 Å². The highest BCUT2D eigenvalue weighted by Gasteiger charge is 2.27. The zero-order chi connectivity index (χ0) is 14.7. The van der Waals surface area contributed by atoms with Gasteiger partial charge in [0, 0.05) is 17.2 Å². The third-order valence-corrected chi connectivity index (χ3v) is 4.39. The number of amides is 1. The first-order chi connectivity index (χ1) is 10.3. The summed E-state index contributed by atoms with van der Waals surface area (Å²) >= 11 is 1.57. The second kappa shape index (κ2) is 6.01. The molecule has 1 aromatic carbocycles. The fourth-order valence-corrected chi connectivity index (χ4v) is 3.24. The van der Waals surface area contributed by atoms with E-state index in [2.05, 4.69) is 20.8 Å². The minimum atomic E-state index is -0.138. The Hall–Kier alpha value is -2.28. The predicted molar refractivity (Wildman–Crippen MR) is 80.1 cm³/mol. The summed E-state index contributed by atoms with van der Waals surface area (Å²) in [5.41, 5.74) is 6.55. The molecule has 2 aromatic rings. The van der Waals surface area contributed by atoms with Crippen molar-refractivity contribution < 1.29 is 9.53 Å². The number of hydrazine groups is 1. The molecular formula is C14H14N4O2S. The molecule has 1 aliphatic heterocycles. The van der Waals surface area contributed by atoms with E-state index in [-0.39, 0.29) is 11.2 Å². The Labute approximate surface area is 126 Å². The zero-order valence-electron chi connectivity index (χ0n) is 11.4. The topological polar surface area (TPSA) is 76.1 Å². The highest BCUT2D eigenvalue weighted by atomic mass is 32.2. The maximum atomic E-state index is 12.2. The Morgan fingerprint density at radius 3 is 3.05 bits per heavy atom. The van der Waals surface area contributed by atoms with Crippen LogP contribution in [0.15, 0.2) is 41.4 Å². The molecule has 1 aliphatic rings. The van der Waals surface area contributed by atoms with Gasteiger partial charge >= 0.3 is 0 Å². The average molecular weight is 302 g/mol. The fourth-order valence-electron chi connectivity index (χ4n) is 2.04. The zero-order valence-corrected chi connectivity index (χ0v) is 12.2. The molecule has 1 aromatic heterocycles. The number of fused-ring (bicyclic) bond motifs is 1. The molecular weight excluding hydrogens is 288 g/mol. The Morgan fingerprint density at radius 1 is 1.38 bits per heavy atom. The number of benzene rings is 1. The average Bonchev–Trinajstić information content (AvgIpc) is 2.97. The first-order valence-corrected chi connectivity index (χ1v) is 7.31. The van der Waals surface area contributed by atoms with Gasteiger partial charge in [-0.2, -0.15) is 4.98 Å². The third kappa shape index (κ3) is 3.08. The number of nitrogens with zero attached hydrogens (tertiary/aromatic N) is 2. The number of aromatic nitrogens is 2. The van der Waals surface area contributed by atoms with Crippen molar-refractivity contribution in [1.29, 1.82) is 0 Å². The number of methoxy groups -OCH3 is 1. The van der Waals surface area contributed by atoms with Crippen LogP contribution in [0.25, 0.3) is 0 Å². The van der Waals surface area contributed by atoms with Crippen LogP contribution < -0.4 is 15.6 Å². The van der Waals surface area contributed by atoms with Crippen molar-refractivity contribution in [2.75, 3.05) is 12.5 Å². The minimum Gasteiger partial charge on any atom is -0.481 e. The van der Waals surface area contributed by atoms with Crippen LogP contribution in [0.3, 0.4) is 0 Å². The molecule has 3 rings (SSSR count). The quantitative estimate of drug-likeness (QED) is 0.836. The lowest BCUT2D eigenvalue weighted by atomic mass is 10.1. The van der Waals surface area contributed by atoms with E-state index in [1.54, 1.807) is 24.0 Å². The molecule has 2 heterocycles. The molecule has 6 nitrogen and oxygen atoms in total. The van der Waals surface area contributed by atoms with Crippen LogP contribution in [-0.2, 0) is 11.2 Å². The van der Waals surface area contributed by atoms with Crippen LogP contribution in [0.5, 0.6) is 5.88 Å². The molecule has 7 heteroatoms. The van der Waals surface area contributed by atoms with E-state index in [1.807, 2.05) is 24.3 Å². The van der Waals surface area contributed by atoms with Gasteiger partial charge in [-0.1, -0.05) is 18.2 Å². The highest BCUT2D eigenvalue weighted by molar-refractivity contribution is 8.01. The molecule has 0 spiro atoms. The Morgan fingerprint density at radius 2 is 2.24 bits per heavy atom. The van der Waals surface area contributed by atoms with Gasteiger partial charge in [-0.25, -0.2) is 4.98 Å². The lowest BCUT2D eigenvalue weighted by molar-refractivity contribution is -0.120. The predicted octanol–water partition coefficient (Wildman–Crippen LogP) is 1.65. The summed E-state index contributed by atoms with van der Waals surface area (Å²) in [6, 6.07) is 9.69. The number of nitrogens with one attached hydrogen (secondary N) is 2. The van der Waals surface area contributed by atoms with Gasteiger partial charge in [-0.3, -0.25) is 15.6 Å². The SMILES string of the molecule is COc1ccnc(NNC(=O)[C@H]2Cc3ccccc3S2)n1. The molecule has 0 fully saturated rings. The molecule has 0 saturated heterocycles. The number of ether oxygens (including phenoxy) is 1. The lowest BCUT2D eigenvalue weighted by Crippen LogP contribution is -2.37. The van der Waals surface area contributed by atoms with E-state index >= 15 is 0 Å². The minimum absolute atomic E-state index is 0.0948. The second-order valence-electron chi connectivity index (χ2n) is 4.46. The van der Waals surface area contributed by atoms with Crippen molar-refractivity contribution in [3.8, 4) is 5.88 Å². The van der Waals surface area contributed by atoms with Gasteiger partial charge in [0.05, 0.1) is 12.4 Å². The van der Waals surface area contributed by atoms with Crippen LogP contribution in [0.1, 0.15) is 5.56 Å². The van der Waals surface area contributed by atoms with Crippen molar-refractivity contribution >= 4 is 23.6 Å². The van der Waals surface area contributed by atoms with Crippen LogP contribution in [0.2, 0.25) is 0 Å². The van der Waals surface area contributed by atoms with Crippen molar-refractivity contribution in [1.82, 2.24) is 15.4 Å². The molecule has 1 atom stereocenters. The van der Waals surface area contributed by atoms with E-state index < -0.39 is 0 Å². The summed E-state index contributed by atoms with van der Waals surface area (Å²) in [5, 5.41) is -0.138. The number of carbonyl (C=O) groups is 1. The number of anilines is 1. The van der Waals surface area contributed by atoms with E-state index in [9.17, 15) is 4.79 Å². The van der Waals surface area contributed by atoms with Gasteiger partial charge in [-0.15, -0.1) is 11.8 Å². The van der Waals surface area contributed by atoms with E-state index in [1.165, 1.54) is 12.7 Å². The van der Waals surface area contributed by atoms with Gasteiger partial charge in [-0.05, 0) is 18.1 Å². The Kier molecular flexibility index (Phi) is 3.92. The molecule has 1 amide bonds. The van der Waals surface area contributed by atoms with E-state index in [0.29, 0.717) is 11.8 Å². The normalized spacial score (nSPS) is 16.1. The number of rotatable bonds is 4. The van der Waals surface area contributed by atoms with Crippen LogP contribution >= 0.6 is 11.8 Å². The molecule has 21 heavy (non-hydrogen) atoms. The highest BCUT2D eigenvalue weighted by Crippen LogP contribution is 2.36. The molecule has 0 aliphatic carbocycles. The van der Waals surface area contributed by atoms with E-state index in [0.717, 1.165) is 11.3 Å². The standard InChI is InChI=1S/C14H14N4O2S/c1-20-12-6-7-15-14(16-12)18-17-13(19)11-8-9-4-2-3-5-10(9)21-11/h2-7,11H,8H2,1H3,(H,17,19)(H,15,16,18)/t11-/m1/s1. The summed E-state index contributed by atoms with van der Waals surface area (Å²) in [6.45, 7) is 0. The van der Waals surface area contributed by atoms with Gasteiger partial charge in [0.1, 0.15) is 0 Å². The number of thioether (sulfide) groups is 1. The maximum absolute atomic E-state index is 12.2. The van der Waals surface area contributed by atoms with Crippen LogP contribution in [-0.4, -0.2) is 28.2 Å². The summed E-state index contributed by atoms with van der Waals surface area (Å²) in [4.78, 5) is 21.4. The third-order valence-electron chi connectivity index (χ3n) is 3.08. The molecule has 0 radical (unpaired) electrons.